The largest absolute Gasteiger partial charge is 0.316 e. The highest BCUT2D eigenvalue weighted by Crippen LogP contribution is 2.19. The number of rotatable bonds is 6. The van der Waals surface area contributed by atoms with Gasteiger partial charge < -0.3 is 5.32 Å². The number of hydrogen-bond donors (Lipinski definition) is 1. The first-order chi connectivity index (χ1) is 10.2. The van der Waals surface area contributed by atoms with Crippen LogP contribution >= 0.6 is 0 Å². The van der Waals surface area contributed by atoms with E-state index in [1.54, 1.807) is 12.1 Å². The highest BCUT2D eigenvalue weighted by Gasteiger charge is 2.19. The van der Waals surface area contributed by atoms with Crippen molar-refractivity contribution in [1.82, 2.24) is 10.2 Å². The maximum absolute atomic E-state index is 13.3. The second kappa shape index (κ2) is 8.11. The Hall–Kier alpha value is -1.44. The van der Waals surface area contributed by atoms with Crippen molar-refractivity contribution in [3.8, 4) is 6.07 Å². The monoisotopic (exact) mass is 289 g/mol. The van der Waals surface area contributed by atoms with Crippen molar-refractivity contribution in [2.75, 3.05) is 26.2 Å². The summed E-state index contributed by atoms with van der Waals surface area (Å²) in [5, 5.41) is 12.4. The van der Waals surface area contributed by atoms with Crippen LogP contribution in [0, 0.1) is 23.1 Å². The maximum Gasteiger partial charge on any atom is 0.140 e. The smallest absolute Gasteiger partial charge is 0.140 e. The van der Waals surface area contributed by atoms with E-state index in [0.717, 1.165) is 44.2 Å². The molecular weight excluding hydrogens is 265 g/mol. The van der Waals surface area contributed by atoms with Gasteiger partial charge in [-0.2, -0.15) is 5.26 Å². The van der Waals surface area contributed by atoms with Crippen molar-refractivity contribution in [3.63, 3.8) is 0 Å². The molecule has 3 nitrogen and oxygen atoms in total. The molecule has 0 spiro atoms. The van der Waals surface area contributed by atoms with E-state index in [1.807, 2.05) is 6.07 Å². The Bertz CT molecular complexity index is 487. The van der Waals surface area contributed by atoms with Crippen LogP contribution in [0.1, 0.15) is 37.3 Å². The van der Waals surface area contributed by atoms with Crippen LogP contribution in [0.15, 0.2) is 18.2 Å². The van der Waals surface area contributed by atoms with E-state index in [2.05, 4.69) is 17.1 Å². The highest BCUT2D eigenvalue weighted by molar-refractivity contribution is 5.34. The van der Waals surface area contributed by atoms with Crippen LogP contribution in [0.25, 0.3) is 0 Å². The summed E-state index contributed by atoms with van der Waals surface area (Å²) in [7, 11) is 0. The van der Waals surface area contributed by atoms with Gasteiger partial charge in [-0.15, -0.1) is 0 Å². The van der Waals surface area contributed by atoms with Crippen LogP contribution in [0.5, 0.6) is 0 Å². The van der Waals surface area contributed by atoms with Gasteiger partial charge in [-0.3, -0.25) is 4.90 Å². The Morgan fingerprint density at radius 3 is 2.81 bits per heavy atom. The number of nitrogens with one attached hydrogen (secondary N) is 1. The number of hydrogen-bond acceptors (Lipinski definition) is 3. The summed E-state index contributed by atoms with van der Waals surface area (Å²) in [6, 6.07) is 6.76. The molecule has 0 unspecified atom stereocenters. The summed E-state index contributed by atoms with van der Waals surface area (Å²) >= 11 is 0. The summed E-state index contributed by atoms with van der Waals surface area (Å²) < 4.78 is 13.3. The zero-order chi connectivity index (χ0) is 15.1. The van der Waals surface area contributed by atoms with Gasteiger partial charge in [0.25, 0.3) is 0 Å². The fourth-order valence-electron chi connectivity index (χ4n) is 2.85. The molecule has 1 aromatic carbocycles. The van der Waals surface area contributed by atoms with Crippen LogP contribution < -0.4 is 5.32 Å². The van der Waals surface area contributed by atoms with Gasteiger partial charge in [0.1, 0.15) is 11.9 Å². The zero-order valence-electron chi connectivity index (χ0n) is 12.7. The third-order valence-electron chi connectivity index (χ3n) is 4.12. The Kier molecular flexibility index (Phi) is 6.16. The van der Waals surface area contributed by atoms with Crippen molar-refractivity contribution in [1.29, 1.82) is 5.26 Å². The molecule has 0 aromatic heterocycles. The maximum atomic E-state index is 13.3. The first-order valence-corrected chi connectivity index (χ1v) is 7.84. The minimum absolute atomic E-state index is 0.145. The zero-order valence-corrected chi connectivity index (χ0v) is 12.7. The molecular formula is C17H24FN3. The van der Waals surface area contributed by atoms with Gasteiger partial charge in [-0.25, -0.2) is 4.39 Å². The Morgan fingerprint density at radius 1 is 1.38 bits per heavy atom. The predicted octanol–water partition coefficient (Wildman–Crippen LogP) is 2.91. The third-order valence-corrected chi connectivity index (χ3v) is 4.12. The number of benzene rings is 1. The van der Waals surface area contributed by atoms with E-state index in [0.29, 0.717) is 0 Å². The molecule has 0 radical (unpaired) electrons. The minimum atomic E-state index is -0.429. The van der Waals surface area contributed by atoms with E-state index in [4.69, 9.17) is 5.26 Å². The van der Waals surface area contributed by atoms with Crippen LogP contribution in [-0.4, -0.2) is 31.1 Å². The van der Waals surface area contributed by atoms with E-state index in [1.165, 1.54) is 25.3 Å². The average molecular weight is 289 g/mol. The first kappa shape index (κ1) is 15.9. The van der Waals surface area contributed by atoms with Gasteiger partial charge in [0.05, 0.1) is 5.56 Å². The molecule has 1 aliphatic heterocycles. The molecule has 0 atom stereocenters. The lowest BCUT2D eigenvalue weighted by molar-refractivity contribution is 0.175. The first-order valence-electron chi connectivity index (χ1n) is 7.84. The van der Waals surface area contributed by atoms with Crippen LogP contribution in [-0.2, 0) is 6.54 Å². The number of halogens is 1. The molecule has 114 valence electrons. The standard InChI is InChI=1S/C17H24FN3/c1-2-7-20-12-14-5-8-21(9-6-14)13-15-3-4-17(18)16(10-15)11-19/h3-4,10,14,20H,2,5-9,12-13H2,1H3. The topological polar surface area (TPSA) is 39.1 Å². The average Bonchev–Trinajstić information content (AvgIpc) is 2.51. The molecule has 0 saturated carbocycles. The molecule has 2 rings (SSSR count). The molecule has 1 aromatic rings. The lowest BCUT2D eigenvalue weighted by Gasteiger charge is -2.32. The summed E-state index contributed by atoms with van der Waals surface area (Å²) in [6.07, 6.45) is 3.61. The molecule has 4 heteroatoms. The van der Waals surface area contributed by atoms with Gasteiger partial charge in [0, 0.05) is 6.54 Å². The second-order valence-corrected chi connectivity index (χ2v) is 5.85. The van der Waals surface area contributed by atoms with Crippen molar-refractivity contribution in [2.45, 2.75) is 32.7 Å². The Balaban J connectivity index is 1.80. The van der Waals surface area contributed by atoms with Crippen LogP contribution in [0.2, 0.25) is 0 Å². The molecule has 1 fully saturated rings. The molecule has 1 aliphatic rings. The normalized spacial score (nSPS) is 16.8. The van der Waals surface area contributed by atoms with Gasteiger partial charge >= 0.3 is 0 Å². The SMILES string of the molecule is CCCNCC1CCN(Cc2ccc(F)c(C#N)c2)CC1. The van der Waals surface area contributed by atoms with Gasteiger partial charge in [0.2, 0.25) is 0 Å². The van der Waals surface area contributed by atoms with Crippen molar-refractivity contribution < 1.29 is 4.39 Å². The van der Waals surface area contributed by atoms with Crippen molar-refractivity contribution in [2.24, 2.45) is 5.92 Å². The van der Waals surface area contributed by atoms with Gasteiger partial charge in [-0.1, -0.05) is 13.0 Å². The molecule has 1 N–H and O–H groups in total. The predicted molar refractivity (Wildman–Crippen MR) is 82.3 cm³/mol. The minimum Gasteiger partial charge on any atom is -0.316 e. The number of likely N-dealkylation sites (tertiary alicyclic amines) is 1. The van der Waals surface area contributed by atoms with E-state index in [9.17, 15) is 4.39 Å². The van der Waals surface area contributed by atoms with E-state index >= 15 is 0 Å². The lowest BCUT2D eigenvalue weighted by Crippen LogP contribution is -2.37. The lowest BCUT2D eigenvalue weighted by atomic mass is 9.96. The van der Waals surface area contributed by atoms with Crippen LogP contribution in [0.3, 0.4) is 0 Å². The van der Waals surface area contributed by atoms with E-state index < -0.39 is 5.82 Å². The quantitative estimate of drug-likeness (QED) is 0.818. The van der Waals surface area contributed by atoms with E-state index in [-0.39, 0.29) is 5.56 Å². The van der Waals surface area contributed by atoms with Crippen molar-refractivity contribution in [3.05, 3.63) is 35.1 Å². The molecule has 0 aliphatic carbocycles. The summed E-state index contributed by atoms with van der Waals surface area (Å²) in [5.41, 5.74) is 1.17. The third kappa shape index (κ3) is 4.80. The highest BCUT2D eigenvalue weighted by atomic mass is 19.1. The van der Waals surface area contributed by atoms with Gasteiger partial charge in [-0.05, 0) is 69.1 Å². The van der Waals surface area contributed by atoms with Gasteiger partial charge in [0.15, 0.2) is 0 Å². The molecule has 21 heavy (non-hydrogen) atoms. The fourth-order valence-corrected chi connectivity index (χ4v) is 2.85. The summed E-state index contributed by atoms with van der Waals surface area (Å²) in [6.45, 7) is 7.39. The molecule has 1 saturated heterocycles. The number of piperidine rings is 1. The molecule has 1 heterocycles. The summed E-state index contributed by atoms with van der Waals surface area (Å²) in [4.78, 5) is 2.39. The summed E-state index contributed by atoms with van der Waals surface area (Å²) in [5.74, 6) is 0.345. The number of nitrogens with zero attached hydrogens (tertiary/aromatic N) is 2. The molecule has 0 bridgehead atoms. The Morgan fingerprint density at radius 2 is 2.14 bits per heavy atom. The number of nitriles is 1. The van der Waals surface area contributed by atoms with Crippen molar-refractivity contribution >= 4 is 0 Å². The fraction of sp³-hybridized carbons (Fsp3) is 0.588. The second-order valence-electron chi connectivity index (χ2n) is 5.85. The Labute approximate surface area is 126 Å². The van der Waals surface area contributed by atoms with Crippen LogP contribution in [0.4, 0.5) is 4.39 Å². The molecule has 0 amide bonds.